The Balaban J connectivity index is 1.92. The fourth-order valence-corrected chi connectivity index (χ4v) is 3.39. The number of rotatable bonds is 5. The van der Waals surface area contributed by atoms with Crippen molar-refractivity contribution >= 4 is 16.7 Å². The Morgan fingerprint density at radius 2 is 1.61 bits per heavy atom. The third kappa shape index (κ3) is 4.15. The van der Waals surface area contributed by atoms with Gasteiger partial charge in [0.2, 0.25) is 0 Å². The van der Waals surface area contributed by atoms with E-state index in [0.29, 0.717) is 40.9 Å². The van der Waals surface area contributed by atoms with Gasteiger partial charge < -0.3 is 16.2 Å². The van der Waals surface area contributed by atoms with E-state index >= 15 is 0 Å². The van der Waals surface area contributed by atoms with E-state index in [-0.39, 0.29) is 17.1 Å². The molecule has 0 saturated carbocycles. The maximum Gasteiger partial charge on any atom is 0.417 e. The largest absolute Gasteiger partial charge is 0.507 e. The first-order valence-electron chi connectivity index (χ1n) is 9.59. The highest BCUT2D eigenvalue weighted by Gasteiger charge is 2.33. The molecule has 1 aromatic heterocycles. The monoisotopic (exact) mass is 424 g/mol. The number of hydrogen-bond donors (Lipinski definition) is 3. The van der Waals surface area contributed by atoms with Gasteiger partial charge in [0.25, 0.3) is 0 Å². The number of para-hydroxylation sites is 1. The van der Waals surface area contributed by atoms with E-state index < -0.39 is 11.7 Å². The molecule has 31 heavy (non-hydrogen) atoms. The molecule has 0 aliphatic carbocycles. The number of alkyl halides is 3. The zero-order valence-corrected chi connectivity index (χ0v) is 16.3. The summed E-state index contributed by atoms with van der Waals surface area (Å²) in [5, 5.41) is 14.0. The fourth-order valence-electron chi connectivity index (χ4n) is 3.39. The number of aromatic hydroxyl groups is 1. The summed E-state index contributed by atoms with van der Waals surface area (Å²) >= 11 is 0. The molecule has 5 nitrogen and oxygen atoms in total. The summed E-state index contributed by atoms with van der Waals surface area (Å²) in [5.41, 5.74) is 6.19. The molecule has 0 amide bonds. The minimum atomic E-state index is -4.48. The topological polar surface area (TPSA) is 84.1 Å². The van der Waals surface area contributed by atoms with E-state index in [0.717, 1.165) is 6.07 Å². The van der Waals surface area contributed by atoms with Gasteiger partial charge in [-0.15, -0.1) is 0 Å². The maximum absolute atomic E-state index is 13.5. The first-order valence-corrected chi connectivity index (χ1v) is 9.59. The van der Waals surface area contributed by atoms with E-state index in [1.165, 1.54) is 18.2 Å². The number of halogens is 3. The van der Waals surface area contributed by atoms with E-state index in [1.54, 1.807) is 42.5 Å². The number of phenols is 1. The van der Waals surface area contributed by atoms with Gasteiger partial charge in [0, 0.05) is 18.5 Å². The standard InChI is InChI=1S/C23H19F3N4O/c24-23(25,26)18-7-3-1-5-15(18)14-9-10-16-19(13-14)29-22(30-21(16)28-12-11-27)17-6-2-4-8-20(17)31/h1-10,13,31H,11-12,27H2,(H,28,29,30). The second kappa shape index (κ2) is 8.23. The molecule has 4 rings (SSSR count). The van der Waals surface area contributed by atoms with Gasteiger partial charge in [0.1, 0.15) is 11.6 Å². The number of fused-ring (bicyclic) bond motifs is 1. The van der Waals surface area contributed by atoms with Gasteiger partial charge in [-0.1, -0.05) is 36.4 Å². The van der Waals surface area contributed by atoms with Crippen molar-refractivity contribution in [2.24, 2.45) is 5.73 Å². The van der Waals surface area contributed by atoms with Crippen molar-refractivity contribution in [3.05, 3.63) is 72.3 Å². The van der Waals surface area contributed by atoms with Gasteiger partial charge in [-0.2, -0.15) is 13.2 Å². The average Bonchev–Trinajstić information content (AvgIpc) is 2.76. The summed E-state index contributed by atoms with van der Waals surface area (Å²) in [6.07, 6.45) is -4.48. The summed E-state index contributed by atoms with van der Waals surface area (Å²) in [4.78, 5) is 9.04. The first kappa shape index (κ1) is 20.6. The van der Waals surface area contributed by atoms with E-state index in [9.17, 15) is 18.3 Å². The van der Waals surface area contributed by atoms with Crippen LogP contribution in [-0.4, -0.2) is 28.2 Å². The molecule has 0 unspecified atom stereocenters. The minimum absolute atomic E-state index is 0.00481. The quantitative estimate of drug-likeness (QED) is 0.417. The lowest BCUT2D eigenvalue weighted by molar-refractivity contribution is -0.137. The lowest BCUT2D eigenvalue weighted by atomic mass is 9.98. The van der Waals surface area contributed by atoms with Gasteiger partial charge >= 0.3 is 6.18 Å². The highest BCUT2D eigenvalue weighted by molar-refractivity contribution is 5.94. The summed E-state index contributed by atoms with van der Waals surface area (Å²) in [5.74, 6) is 0.751. The molecule has 0 radical (unpaired) electrons. The van der Waals surface area contributed by atoms with Gasteiger partial charge in [-0.25, -0.2) is 9.97 Å². The van der Waals surface area contributed by atoms with Crippen LogP contribution < -0.4 is 11.1 Å². The second-order valence-electron chi connectivity index (χ2n) is 6.90. The van der Waals surface area contributed by atoms with Crippen LogP contribution in [0.3, 0.4) is 0 Å². The average molecular weight is 424 g/mol. The van der Waals surface area contributed by atoms with Crippen LogP contribution in [0.4, 0.5) is 19.0 Å². The van der Waals surface area contributed by atoms with E-state index in [1.807, 2.05) is 0 Å². The summed E-state index contributed by atoms with van der Waals surface area (Å²) < 4.78 is 40.5. The van der Waals surface area contributed by atoms with Crippen molar-refractivity contribution in [3.63, 3.8) is 0 Å². The predicted octanol–water partition coefficient (Wildman–Crippen LogP) is 5.06. The zero-order valence-electron chi connectivity index (χ0n) is 16.3. The summed E-state index contributed by atoms with van der Waals surface area (Å²) in [6.45, 7) is 0.819. The van der Waals surface area contributed by atoms with Crippen LogP contribution in [0.25, 0.3) is 33.4 Å². The Bertz CT molecular complexity index is 1240. The van der Waals surface area contributed by atoms with Crippen LogP contribution in [-0.2, 0) is 6.18 Å². The number of phenolic OH excluding ortho intramolecular Hbond substituents is 1. The molecule has 0 aliphatic heterocycles. The molecule has 0 saturated heterocycles. The highest BCUT2D eigenvalue weighted by atomic mass is 19.4. The summed E-state index contributed by atoms with van der Waals surface area (Å²) in [7, 11) is 0. The van der Waals surface area contributed by atoms with Gasteiger partial charge in [0.15, 0.2) is 5.82 Å². The van der Waals surface area contributed by atoms with E-state index in [4.69, 9.17) is 5.73 Å². The van der Waals surface area contributed by atoms with Gasteiger partial charge in [-0.3, -0.25) is 0 Å². The first-order chi connectivity index (χ1) is 14.9. The normalized spacial score (nSPS) is 11.6. The minimum Gasteiger partial charge on any atom is -0.507 e. The van der Waals surface area contributed by atoms with Crippen LogP contribution in [0.5, 0.6) is 5.75 Å². The zero-order chi connectivity index (χ0) is 22.0. The van der Waals surface area contributed by atoms with Crippen LogP contribution in [0.15, 0.2) is 66.7 Å². The lowest BCUT2D eigenvalue weighted by Gasteiger charge is -2.15. The third-order valence-corrected chi connectivity index (χ3v) is 4.82. The number of anilines is 1. The molecule has 4 aromatic rings. The number of benzene rings is 3. The van der Waals surface area contributed by atoms with Gasteiger partial charge in [-0.05, 0) is 41.5 Å². The lowest BCUT2D eigenvalue weighted by Crippen LogP contribution is -2.14. The summed E-state index contributed by atoms with van der Waals surface area (Å²) in [6, 6.07) is 16.9. The van der Waals surface area contributed by atoms with Crippen molar-refractivity contribution in [1.29, 1.82) is 0 Å². The molecule has 0 aliphatic rings. The molecule has 1 heterocycles. The molecule has 0 spiro atoms. The van der Waals surface area contributed by atoms with Crippen LogP contribution in [0.1, 0.15) is 5.56 Å². The SMILES string of the molecule is NCCNc1nc(-c2ccccc2O)nc2cc(-c3ccccc3C(F)(F)F)ccc12. The molecule has 4 N–H and O–H groups in total. The predicted molar refractivity (Wildman–Crippen MR) is 115 cm³/mol. The Morgan fingerprint density at radius 1 is 0.903 bits per heavy atom. The molecule has 3 aromatic carbocycles. The number of hydrogen-bond acceptors (Lipinski definition) is 5. The second-order valence-corrected chi connectivity index (χ2v) is 6.90. The number of nitrogens with two attached hydrogens (primary N) is 1. The van der Waals surface area contributed by atoms with Crippen LogP contribution >= 0.6 is 0 Å². The maximum atomic E-state index is 13.5. The van der Waals surface area contributed by atoms with Crippen molar-refractivity contribution in [3.8, 4) is 28.3 Å². The Hall–Kier alpha value is -3.65. The molecule has 0 fully saturated rings. The van der Waals surface area contributed by atoms with Crippen LogP contribution in [0, 0.1) is 0 Å². The van der Waals surface area contributed by atoms with Gasteiger partial charge in [0.05, 0.1) is 16.6 Å². The number of aromatic nitrogens is 2. The van der Waals surface area contributed by atoms with Crippen molar-refractivity contribution < 1.29 is 18.3 Å². The van der Waals surface area contributed by atoms with Crippen molar-refractivity contribution in [1.82, 2.24) is 9.97 Å². The van der Waals surface area contributed by atoms with Crippen molar-refractivity contribution in [2.75, 3.05) is 18.4 Å². The Morgan fingerprint density at radius 3 is 2.32 bits per heavy atom. The number of nitrogens with zero attached hydrogens (tertiary/aromatic N) is 2. The molecular weight excluding hydrogens is 405 g/mol. The third-order valence-electron chi connectivity index (χ3n) is 4.82. The van der Waals surface area contributed by atoms with Crippen LogP contribution in [0.2, 0.25) is 0 Å². The molecule has 158 valence electrons. The number of nitrogens with one attached hydrogen (secondary N) is 1. The molecular formula is C23H19F3N4O. The Labute approximate surface area is 176 Å². The molecule has 0 atom stereocenters. The smallest absolute Gasteiger partial charge is 0.417 e. The van der Waals surface area contributed by atoms with E-state index in [2.05, 4.69) is 15.3 Å². The Kier molecular flexibility index (Phi) is 5.48. The highest BCUT2D eigenvalue weighted by Crippen LogP contribution is 2.38. The molecule has 8 heteroatoms. The molecule has 0 bridgehead atoms. The van der Waals surface area contributed by atoms with Crippen molar-refractivity contribution in [2.45, 2.75) is 6.18 Å². The fraction of sp³-hybridized carbons (Fsp3) is 0.130.